The molecule has 7 heteroatoms. The summed E-state index contributed by atoms with van der Waals surface area (Å²) in [6, 6.07) is 22.1. The average Bonchev–Trinajstić information content (AvgIpc) is 3.43. The largest absolute Gasteiger partial charge is 0.459 e. The quantitative estimate of drug-likeness (QED) is 0.405. The molecule has 2 N–H and O–H groups in total. The maximum absolute atomic E-state index is 12.7. The summed E-state index contributed by atoms with van der Waals surface area (Å²) < 4.78 is 5.95. The molecule has 0 spiro atoms. The number of anilines is 2. The van der Waals surface area contributed by atoms with Crippen molar-refractivity contribution in [2.45, 2.75) is 0 Å². The van der Waals surface area contributed by atoms with Gasteiger partial charge in [0.1, 0.15) is 0 Å². The number of nitrogens with zero attached hydrogens (tertiary/aromatic N) is 1. The number of fused-ring (bicyclic) bond motifs is 2. The summed E-state index contributed by atoms with van der Waals surface area (Å²) in [4.78, 5) is 29.3. The molecule has 0 bridgehead atoms. The Morgan fingerprint density at radius 2 is 1.70 bits per heavy atom. The van der Waals surface area contributed by atoms with Crippen LogP contribution in [0.2, 0.25) is 0 Å². The van der Waals surface area contributed by atoms with E-state index in [2.05, 4.69) is 15.6 Å². The fourth-order valence-corrected chi connectivity index (χ4v) is 4.06. The van der Waals surface area contributed by atoms with Crippen molar-refractivity contribution in [3.05, 3.63) is 90.4 Å². The average molecular weight is 413 g/mol. The second-order valence-electron chi connectivity index (χ2n) is 6.65. The molecule has 5 rings (SSSR count). The molecule has 0 fully saturated rings. The third kappa shape index (κ3) is 3.54. The van der Waals surface area contributed by atoms with Gasteiger partial charge in [0.05, 0.1) is 16.5 Å². The van der Waals surface area contributed by atoms with Crippen LogP contribution in [0.25, 0.3) is 21.0 Å². The normalized spacial score (nSPS) is 10.9. The minimum atomic E-state index is -0.325. The molecule has 6 nitrogen and oxygen atoms in total. The fraction of sp³-hybridized carbons (Fsp3) is 0. The van der Waals surface area contributed by atoms with Gasteiger partial charge in [-0.3, -0.25) is 14.9 Å². The van der Waals surface area contributed by atoms with Crippen LogP contribution in [0, 0.1) is 0 Å². The highest BCUT2D eigenvalue weighted by atomic mass is 32.1. The summed E-state index contributed by atoms with van der Waals surface area (Å²) in [5.41, 5.74) is 1.93. The second-order valence-corrected chi connectivity index (χ2v) is 7.68. The van der Waals surface area contributed by atoms with Gasteiger partial charge in [-0.15, -0.1) is 0 Å². The van der Waals surface area contributed by atoms with Gasteiger partial charge in [0.25, 0.3) is 11.8 Å². The van der Waals surface area contributed by atoms with Crippen LogP contribution in [-0.2, 0) is 0 Å². The number of hydrogen-bond acceptors (Lipinski definition) is 5. The number of nitrogens with one attached hydrogen (secondary N) is 2. The Morgan fingerprint density at radius 3 is 2.53 bits per heavy atom. The molecule has 0 saturated carbocycles. The number of benzene rings is 3. The van der Waals surface area contributed by atoms with Gasteiger partial charge in [0.2, 0.25) is 0 Å². The van der Waals surface area contributed by atoms with Crippen molar-refractivity contribution in [3.63, 3.8) is 0 Å². The lowest BCUT2D eigenvalue weighted by atomic mass is 10.1. The Morgan fingerprint density at radius 1 is 0.833 bits per heavy atom. The lowest BCUT2D eigenvalue weighted by Gasteiger charge is -2.03. The monoisotopic (exact) mass is 413 g/mol. The minimum absolute atomic E-state index is 0.217. The third-order valence-electron chi connectivity index (χ3n) is 4.62. The Kier molecular flexibility index (Phi) is 4.49. The summed E-state index contributed by atoms with van der Waals surface area (Å²) >= 11 is 1.34. The SMILES string of the molecule is O=C(Nc1nc2ccc(NC(=O)c3ccco3)cc2s1)c1ccc2ccccc2c1. The van der Waals surface area contributed by atoms with Crippen LogP contribution >= 0.6 is 11.3 Å². The summed E-state index contributed by atoms with van der Waals surface area (Å²) in [5, 5.41) is 8.23. The predicted molar refractivity (Wildman–Crippen MR) is 118 cm³/mol. The van der Waals surface area contributed by atoms with Gasteiger partial charge >= 0.3 is 0 Å². The van der Waals surface area contributed by atoms with Crippen molar-refractivity contribution in [3.8, 4) is 0 Å². The van der Waals surface area contributed by atoms with E-state index >= 15 is 0 Å². The zero-order valence-electron chi connectivity index (χ0n) is 15.6. The third-order valence-corrected chi connectivity index (χ3v) is 5.56. The number of hydrogen-bond donors (Lipinski definition) is 2. The zero-order valence-corrected chi connectivity index (χ0v) is 16.4. The second kappa shape index (κ2) is 7.46. The Hall–Kier alpha value is -3.97. The van der Waals surface area contributed by atoms with Gasteiger partial charge in [-0.2, -0.15) is 0 Å². The summed E-state index contributed by atoms with van der Waals surface area (Å²) in [6.45, 7) is 0. The molecule has 5 aromatic rings. The van der Waals surface area contributed by atoms with E-state index < -0.39 is 0 Å². The molecule has 30 heavy (non-hydrogen) atoms. The molecule has 0 aliphatic rings. The van der Waals surface area contributed by atoms with Crippen LogP contribution in [0.3, 0.4) is 0 Å². The topological polar surface area (TPSA) is 84.2 Å². The summed E-state index contributed by atoms with van der Waals surface area (Å²) in [5.74, 6) is -0.303. The minimum Gasteiger partial charge on any atom is -0.459 e. The van der Waals surface area contributed by atoms with E-state index in [-0.39, 0.29) is 17.6 Å². The first-order valence-electron chi connectivity index (χ1n) is 9.21. The summed E-state index contributed by atoms with van der Waals surface area (Å²) in [6.07, 6.45) is 1.45. The van der Waals surface area contributed by atoms with Gasteiger partial charge in [0.15, 0.2) is 10.9 Å². The van der Waals surface area contributed by atoms with Crippen LogP contribution in [0.4, 0.5) is 10.8 Å². The number of aromatic nitrogens is 1. The molecule has 0 saturated heterocycles. The van der Waals surface area contributed by atoms with Gasteiger partial charge in [-0.1, -0.05) is 41.7 Å². The van der Waals surface area contributed by atoms with Crippen LogP contribution < -0.4 is 10.6 Å². The molecule has 0 atom stereocenters. The standard InChI is InChI=1S/C23H15N3O3S/c27-21(16-8-7-14-4-1-2-5-15(14)12-16)26-23-25-18-10-9-17(13-20(18)30-23)24-22(28)19-6-3-11-29-19/h1-13H,(H,24,28)(H,25,26,27). The van der Waals surface area contributed by atoms with Crippen molar-refractivity contribution in [2.75, 3.05) is 10.6 Å². The predicted octanol–water partition coefficient (Wildman–Crippen LogP) is 5.55. The molecular formula is C23H15N3O3S. The Labute approximate surface area is 175 Å². The first-order valence-corrected chi connectivity index (χ1v) is 10.0. The van der Waals surface area contributed by atoms with E-state index in [9.17, 15) is 9.59 Å². The van der Waals surface area contributed by atoms with Crippen molar-refractivity contribution >= 4 is 55.0 Å². The van der Waals surface area contributed by atoms with Gasteiger partial charge in [0, 0.05) is 11.3 Å². The van der Waals surface area contributed by atoms with Crippen molar-refractivity contribution in [1.82, 2.24) is 4.98 Å². The number of carbonyl (C=O) groups is 2. The fourth-order valence-electron chi connectivity index (χ4n) is 3.16. The molecule has 146 valence electrons. The van der Waals surface area contributed by atoms with Crippen molar-refractivity contribution in [2.24, 2.45) is 0 Å². The maximum Gasteiger partial charge on any atom is 0.291 e. The summed E-state index contributed by atoms with van der Waals surface area (Å²) in [7, 11) is 0. The molecule has 0 radical (unpaired) electrons. The van der Waals surface area contributed by atoms with Crippen LogP contribution in [0.5, 0.6) is 0 Å². The molecular weight excluding hydrogens is 398 g/mol. The van der Waals surface area contributed by atoms with E-state index in [1.54, 1.807) is 30.3 Å². The molecule has 0 aliphatic heterocycles. The number of thiazole rings is 1. The first kappa shape index (κ1) is 18.1. The van der Waals surface area contributed by atoms with Crippen molar-refractivity contribution < 1.29 is 14.0 Å². The van der Waals surface area contributed by atoms with Crippen molar-refractivity contribution in [1.29, 1.82) is 0 Å². The molecule has 2 aromatic heterocycles. The number of amides is 2. The lowest BCUT2D eigenvalue weighted by molar-refractivity contribution is 0.0994. The number of furan rings is 1. The van der Waals surface area contributed by atoms with Crippen LogP contribution in [-0.4, -0.2) is 16.8 Å². The number of rotatable bonds is 4. The van der Waals surface area contributed by atoms with Crippen LogP contribution in [0.15, 0.2) is 83.5 Å². The zero-order chi connectivity index (χ0) is 20.5. The highest BCUT2D eigenvalue weighted by Crippen LogP contribution is 2.29. The maximum atomic E-state index is 12.7. The van der Waals surface area contributed by atoms with Gasteiger partial charge < -0.3 is 9.73 Å². The van der Waals surface area contributed by atoms with E-state index in [1.807, 2.05) is 42.5 Å². The molecule has 0 aliphatic carbocycles. The Bertz CT molecular complexity index is 1390. The number of carbonyl (C=O) groups excluding carboxylic acids is 2. The highest BCUT2D eigenvalue weighted by Gasteiger charge is 2.13. The van der Waals surface area contributed by atoms with Crippen LogP contribution in [0.1, 0.15) is 20.9 Å². The van der Waals surface area contributed by atoms with E-state index in [0.29, 0.717) is 16.4 Å². The Balaban J connectivity index is 1.35. The first-order chi connectivity index (χ1) is 14.7. The smallest absolute Gasteiger partial charge is 0.291 e. The lowest BCUT2D eigenvalue weighted by Crippen LogP contribution is -2.11. The molecule has 2 amide bonds. The van der Waals surface area contributed by atoms with E-state index in [4.69, 9.17) is 4.42 Å². The van der Waals surface area contributed by atoms with Gasteiger partial charge in [-0.25, -0.2) is 4.98 Å². The van der Waals surface area contributed by atoms with Gasteiger partial charge in [-0.05, 0) is 53.2 Å². The molecule has 0 unspecified atom stereocenters. The molecule has 3 aromatic carbocycles. The molecule has 2 heterocycles. The highest BCUT2D eigenvalue weighted by molar-refractivity contribution is 7.22. The van der Waals surface area contributed by atoms with E-state index in [0.717, 1.165) is 21.0 Å². The van der Waals surface area contributed by atoms with E-state index in [1.165, 1.54) is 17.6 Å².